The molecule has 5 nitrogen and oxygen atoms in total. The quantitative estimate of drug-likeness (QED) is 0.127. The van der Waals surface area contributed by atoms with Crippen molar-refractivity contribution < 1.29 is 9.59 Å². The number of carbonyl (C=O) groups is 2. The summed E-state index contributed by atoms with van der Waals surface area (Å²) in [7, 11) is 0. The van der Waals surface area contributed by atoms with Crippen LogP contribution in [0.2, 0.25) is 0 Å². The normalized spacial score (nSPS) is 12.3. The number of hydrogen-bond acceptors (Lipinski definition) is 2. The Morgan fingerprint density at radius 2 is 0.982 bits per heavy atom. The lowest BCUT2D eigenvalue weighted by Crippen LogP contribution is -2.30. The number of nitrogens with zero attached hydrogens (tertiary/aromatic N) is 3. The van der Waals surface area contributed by atoms with E-state index in [1.165, 1.54) is 4.90 Å². The van der Waals surface area contributed by atoms with Crippen LogP contribution in [0, 0.1) is 6.57 Å². The number of para-hydroxylation sites is 2. The van der Waals surface area contributed by atoms with Gasteiger partial charge < -0.3 is 4.57 Å². The molecule has 1 aromatic heterocycles. The Balaban J connectivity index is 1.25. The molecule has 262 valence electrons. The van der Waals surface area contributed by atoms with Gasteiger partial charge in [-0.25, -0.2) is 9.74 Å². The highest BCUT2D eigenvalue weighted by molar-refractivity contribution is 6.37. The van der Waals surface area contributed by atoms with Gasteiger partial charge in [0, 0.05) is 27.5 Å². The van der Waals surface area contributed by atoms with Gasteiger partial charge in [-0.3, -0.25) is 9.59 Å². The van der Waals surface area contributed by atoms with Crippen molar-refractivity contribution >= 4 is 45.0 Å². The molecule has 9 aromatic rings. The molecule has 0 atom stereocenters. The Morgan fingerprint density at radius 1 is 0.429 bits per heavy atom. The van der Waals surface area contributed by atoms with E-state index in [-0.39, 0.29) is 11.8 Å². The molecular formula is C51H31N3O2. The smallest absolute Gasteiger partial charge is 0.268 e. The minimum Gasteiger partial charge on any atom is -0.308 e. The molecule has 0 bridgehead atoms. The van der Waals surface area contributed by atoms with Gasteiger partial charge >= 0.3 is 0 Å². The third-order valence-electron chi connectivity index (χ3n) is 10.7. The third-order valence-corrected chi connectivity index (χ3v) is 10.7. The number of anilines is 1. The van der Waals surface area contributed by atoms with Crippen LogP contribution in [0.5, 0.6) is 0 Å². The third kappa shape index (κ3) is 5.16. The van der Waals surface area contributed by atoms with Crippen LogP contribution >= 0.6 is 0 Å². The van der Waals surface area contributed by atoms with Crippen molar-refractivity contribution in [3.8, 4) is 50.2 Å². The van der Waals surface area contributed by atoms with E-state index >= 15 is 9.59 Å². The van der Waals surface area contributed by atoms with Gasteiger partial charge in [0.05, 0.1) is 40.1 Å². The summed E-state index contributed by atoms with van der Waals surface area (Å²) < 4.78 is 2.12. The first-order valence-electron chi connectivity index (χ1n) is 18.5. The van der Waals surface area contributed by atoms with Gasteiger partial charge in [0.1, 0.15) is 0 Å². The highest BCUT2D eigenvalue weighted by atomic mass is 16.2. The Morgan fingerprint density at radius 3 is 1.66 bits per heavy atom. The molecule has 1 aliphatic heterocycles. The van der Waals surface area contributed by atoms with E-state index in [0.717, 1.165) is 66.3 Å². The van der Waals surface area contributed by atoms with E-state index in [0.29, 0.717) is 28.2 Å². The molecule has 0 saturated carbocycles. The van der Waals surface area contributed by atoms with E-state index in [2.05, 4.69) is 57.9 Å². The fraction of sp³-hybridized carbons (Fsp3) is 0. The predicted octanol–water partition coefficient (Wildman–Crippen LogP) is 12.8. The van der Waals surface area contributed by atoms with E-state index in [9.17, 15) is 0 Å². The van der Waals surface area contributed by atoms with Gasteiger partial charge in [0.15, 0.2) is 5.69 Å². The number of benzene rings is 8. The summed E-state index contributed by atoms with van der Waals surface area (Å²) >= 11 is 0. The summed E-state index contributed by atoms with van der Waals surface area (Å²) in [4.78, 5) is 35.5. The van der Waals surface area contributed by atoms with E-state index in [1.54, 1.807) is 12.1 Å². The SMILES string of the molecule is [C-]#[N+]c1cccc(-c2cccc3c4ccccc4n(-c4cccc5c4C(=O)N(c4c(-c6ccccc6)cc(-c6ccccc6)cc4-c4ccccc4)C5=O)c23)c1. The maximum absolute atomic E-state index is 15.4. The van der Waals surface area contributed by atoms with Crippen LogP contribution in [0.3, 0.4) is 0 Å². The van der Waals surface area contributed by atoms with Crippen LogP contribution in [0.1, 0.15) is 20.7 Å². The topological polar surface area (TPSA) is 46.7 Å². The molecule has 8 aromatic carbocycles. The summed E-state index contributed by atoms with van der Waals surface area (Å²) in [5.41, 5.74) is 11.3. The van der Waals surface area contributed by atoms with Crippen molar-refractivity contribution in [3.63, 3.8) is 0 Å². The molecule has 0 fully saturated rings. The van der Waals surface area contributed by atoms with Crippen LogP contribution < -0.4 is 4.90 Å². The molecule has 1 aliphatic rings. The zero-order valence-electron chi connectivity index (χ0n) is 30.1. The number of amides is 2. The van der Waals surface area contributed by atoms with Crippen LogP contribution in [0.15, 0.2) is 188 Å². The standard InChI is InChI=1S/C51H31N3O2/c1-52-38-23-13-22-36(30-38)39-25-14-26-41-40-24-11-12-28-45(40)53(48(39)41)46-29-15-27-42-47(46)51(56)54(50(42)55)49-43(34-18-7-3-8-19-34)31-37(33-16-5-2-6-17-33)32-44(49)35-20-9-4-10-21-35/h2-32H. The minimum absolute atomic E-state index is 0.343. The Labute approximate surface area is 323 Å². The second kappa shape index (κ2) is 13.2. The van der Waals surface area contributed by atoms with Crippen molar-refractivity contribution in [2.45, 2.75) is 0 Å². The lowest BCUT2D eigenvalue weighted by atomic mass is 9.90. The van der Waals surface area contributed by atoms with Crippen LogP contribution in [0.25, 0.3) is 76.8 Å². The molecule has 0 spiro atoms. The first kappa shape index (κ1) is 32.8. The maximum atomic E-state index is 15.4. The van der Waals surface area contributed by atoms with Crippen molar-refractivity contribution in [1.82, 2.24) is 4.57 Å². The van der Waals surface area contributed by atoms with E-state index in [4.69, 9.17) is 6.57 Å². The van der Waals surface area contributed by atoms with Gasteiger partial charge in [-0.15, -0.1) is 0 Å². The largest absolute Gasteiger partial charge is 0.308 e. The molecule has 0 unspecified atom stereocenters. The molecule has 56 heavy (non-hydrogen) atoms. The first-order chi connectivity index (χ1) is 27.6. The molecular weight excluding hydrogens is 687 g/mol. The minimum atomic E-state index is -0.388. The fourth-order valence-corrected chi connectivity index (χ4v) is 8.25. The second-order valence-electron chi connectivity index (χ2n) is 13.9. The molecule has 0 aliphatic carbocycles. The van der Waals surface area contributed by atoms with Crippen molar-refractivity contribution in [2.24, 2.45) is 0 Å². The summed E-state index contributed by atoms with van der Waals surface area (Å²) in [5.74, 6) is -0.764. The zero-order valence-corrected chi connectivity index (χ0v) is 30.1. The summed E-state index contributed by atoms with van der Waals surface area (Å²) in [5, 5.41) is 2.03. The van der Waals surface area contributed by atoms with E-state index < -0.39 is 0 Å². The molecule has 0 saturated heterocycles. The van der Waals surface area contributed by atoms with Crippen LogP contribution in [-0.4, -0.2) is 16.4 Å². The van der Waals surface area contributed by atoms with Crippen LogP contribution in [0.4, 0.5) is 11.4 Å². The summed E-state index contributed by atoms with van der Waals surface area (Å²) in [6.07, 6.45) is 0. The average molecular weight is 718 g/mol. The lowest BCUT2D eigenvalue weighted by Gasteiger charge is -2.24. The van der Waals surface area contributed by atoms with Crippen molar-refractivity contribution in [1.29, 1.82) is 0 Å². The summed E-state index contributed by atoms with van der Waals surface area (Å²) in [6.45, 7) is 7.69. The Bertz CT molecular complexity index is 3010. The number of rotatable bonds is 6. The Kier molecular flexibility index (Phi) is 7.76. The first-order valence-corrected chi connectivity index (χ1v) is 18.5. The molecule has 2 heterocycles. The second-order valence-corrected chi connectivity index (χ2v) is 13.9. The maximum Gasteiger partial charge on any atom is 0.268 e. The number of aromatic nitrogens is 1. The number of imide groups is 1. The van der Waals surface area contributed by atoms with Crippen LogP contribution in [-0.2, 0) is 0 Å². The molecule has 10 rings (SSSR count). The fourth-order valence-electron chi connectivity index (χ4n) is 8.25. The monoisotopic (exact) mass is 717 g/mol. The zero-order chi connectivity index (χ0) is 37.8. The van der Waals surface area contributed by atoms with Crippen molar-refractivity contribution in [2.75, 3.05) is 4.90 Å². The Hall–Kier alpha value is -7.81. The molecule has 0 radical (unpaired) electrons. The number of carbonyl (C=O) groups excluding carboxylic acids is 2. The van der Waals surface area contributed by atoms with E-state index in [1.807, 2.05) is 127 Å². The molecule has 0 N–H and O–H groups in total. The van der Waals surface area contributed by atoms with Gasteiger partial charge in [-0.05, 0) is 64.2 Å². The number of hydrogen-bond donors (Lipinski definition) is 0. The van der Waals surface area contributed by atoms with Crippen molar-refractivity contribution in [3.05, 3.63) is 211 Å². The highest BCUT2D eigenvalue weighted by Gasteiger charge is 2.42. The van der Waals surface area contributed by atoms with Gasteiger partial charge in [-0.2, -0.15) is 0 Å². The molecule has 2 amide bonds. The number of fused-ring (bicyclic) bond motifs is 4. The summed E-state index contributed by atoms with van der Waals surface area (Å²) in [6, 6.07) is 61.7. The molecule has 5 heteroatoms. The lowest BCUT2D eigenvalue weighted by molar-refractivity contribution is 0.0926. The van der Waals surface area contributed by atoms with Gasteiger partial charge in [0.2, 0.25) is 0 Å². The van der Waals surface area contributed by atoms with Gasteiger partial charge in [-0.1, -0.05) is 152 Å². The predicted molar refractivity (Wildman–Crippen MR) is 226 cm³/mol. The van der Waals surface area contributed by atoms with Gasteiger partial charge in [0.25, 0.3) is 11.8 Å². The highest BCUT2D eigenvalue weighted by Crippen LogP contribution is 2.47. The average Bonchev–Trinajstić information content (AvgIpc) is 3.74.